The minimum Gasteiger partial charge on any atom is -0.352 e. The highest BCUT2D eigenvalue weighted by atomic mass is 35.5. The van der Waals surface area contributed by atoms with Gasteiger partial charge in [0, 0.05) is 39.2 Å². The average molecular weight is 566 g/mol. The number of anilines is 1. The van der Waals surface area contributed by atoms with Gasteiger partial charge in [0.05, 0.1) is 10.6 Å². The molecule has 0 saturated heterocycles. The molecule has 0 fully saturated rings. The van der Waals surface area contributed by atoms with Crippen molar-refractivity contribution in [1.82, 2.24) is 9.88 Å². The molecule has 39 heavy (non-hydrogen) atoms. The number of rotatable bonds is 10. The molecule has 0 unspecified atom stereocenters. The summed E-state index contributed by atoms with van der Waals surface area (Å²) < 4.78 is 29.1. The molecule has 0 bridgehead atoms. The first kappa shape index (κ1) is 28.9. The maximum Gasteiger partial charge on any atom is 0.261 e. The Morgan fingerprint density at radius 3 is 2.31 bits per heavy atom. The lowest BCUT2D eigenvalue weighted by Gasteiger charge is -2.19. The van der Waals surface area contributed by atoms with Crippen LogP contribution in [0.4, 0.5) is 5.69 Å². The summed E-state index contributed by atoms with van der Waals surface area (Å²) in [5.41, 5.74) is 4.01. The maximum atomic E-state index is 13.4. The van der Waals surface area contributed by atoms with Gasteiger partial charge in [0.15, 0.2) is 5.78 Å². The van der Waals surface area contributed by atoms with Crippen molar-refractivity contribution >= 4 is 44.0 Å². The second-order valence-corrected chi connectivity index (χ2v) is 13.3. The highest BCUT2D eigenvalue weighted by molar-refractivity contribution is 7.92. The van der Waals surface area contributed by atoms with Crippen LogP contribution in [0.5, 0.6) is 0 Å². The molecule has 2 N–H and O–H groups in total. The number of ketones is 1. The fourth-order valence-corrected chi connectivity index (χ4v) is 5.87. The third-order valence-corrected chi connectivity index (χ3v) is 8.49. The van der Waals surface area contributed by atoms with Gasteiger partial charge in [-0.25, -0.2) is 8.42 Å². The molecule has 206 valence electrons. The molecule has 4 rings (SSSR count). The van der Waals surface area contributed by atoms with E-state index in [1.165, 1.54) is 0 Å². The van der Waals surface area contributed by atoms with Gasteiger partial charge in [0.2, 0.25) is 0 Å². The number of carbonyl (C=O) groups is 1. The molecule has 0 spiro atoms. The number of hydrogen-bond donors (Lipinski definition) is 2. The summed E-state index contributed by atoms with van der Waals surface area (Å²) in [4.78, 5) is 18.9. The van der Waals surface area contributed by atoms with Crippen LogP contribution in [-0.4, -0.2) is 44.7 Å². The Bertz CT molecular complexity index is 1580. The Morgan fingerprint density at radius 1 is 0.974 bits per heavy atom. The number of hydrogen-bond acceptors (Lipinski definition) is 4. The van der Waals surface area contributed by atoms with E-state index in [1.807, 2.05) is 44.4 Å². The van der Waals surface area contributed by atoms with Crippen LogP contribution in [0.2, 0.25) is 5.02 Å². The molecule has 0 saturated carbocycles. The minimum atomic E-state index is -3.82. The number of carbonyl (C=O) groups excluding carboxylic acids is 1. The zero-order valence-corrected chi connectivity index (χ0v) is 24.7. The molecule has 8 heteroatoms. The maximum absolute atomic E-state index is 13.4. The lowest BCUT2D eigenvalue weighted by molar-refractivity contribution is 0.0975. The number of H-pyrrole nitrogens is 1. The number of Topliss-reactive ketones (excluding diaryl/α,β-unsaturated/α-hetero) is 1. The molecule has 0 atom stereocenters. The van der Waals surface area contributed by atoms with E-state index in [4.69, 9.17) is 11.6 Å². The van der Waals surface area contributed by atoms with Crippen LogP contribution in [0.3, 0.4) is 0 Å². The summed E-state index contributed by atoms with van der Waals surface area (Å²) in [5.74, 6) is 0.000875. The van der Waals surface area contributed by atoms with Crippen molar-refractivity contribution in [2.24, 2.45) is 0 Å². The van der Waals surface area contributed by atoms with E-state index in [0.717, 1.165) is 41.4 Å². The zero-order chi connectivity index (χ0) is 28.4. The highest BCUT2D eigenvalue weighted by Gasteiger charge is 2.22. The summed E-state index contributed by atoms with van der Waals surface area (Å²) in [6.07, 6.45) is 2.10. The summed E-state index contributed by atoms with van der Waals surface area (Å²) in [6, 6.07) is 19.6. The number of fused-ring (bicyclic) bond motifs is 1. The predicted octanol–water partition coefficient (Wildman–Crippen LogP) is 7.50. The first-order valence-corrected chi connectivity index (χ1v) is 14.9. The molecule has 0 aliphatic carbocycles. The molecular weight excluding hydrogens is 530 g/mol. The van der Waals surface area contributed by atoms with Crippen LogP contribution in [0, 0.1) is 0 Å². The van der Waals surface area contributed by atoms with Crippen LogP contribution in [0.25, 0.3) is 22.0 Å². The van der Waals surface area contributed by atoms with Crippen molar-refractivity contribution < 1.29 is 13.2 Å². The van der Waals surface area contributed by atoms with Gasteiger partial charge in [-0.3, -0.25) is 9.52 Å². The number of halogens is 1. The molecule has 0 amide bonds. The van der Waals surface area contributed by atoms with Crippen LogP contribution in [0.15, 0.2) is 71.6 Å². The molecule has 4 aromatic rings. The van der Waals surface area contributed by atoms with Crippen molar-refractivity contribution in [3.63, 3.8) is 0 Å². The number of aromatic nitrogens is 1. The van der Waals surface area contributed by atoms with Gasteiger partial charge in [0.25, 0.3) is 10.0 Å². The van der Waals surface area contributed by atoms with Crippen LogP contribution in [-0.2, 0) is 15.4 Å². The quantitative estimate of drug-likeness (QED) is 0.154. The Hall–Kier alpha value is -3.13. The molecule has 1 heterocycles. The lowest BCUT2D eigenvalue weighted by Crippen LogP contribution is -2.14. The fraction of sp³-hybridized carbons (Fsp3) is 0.323. The monoisotopic (exact) mass is 565 g/mol. The molecule has 1 aromatic heterocycles. The molecule has 0 aliphatic heterocycles. The Morgan fingerprint density at radius 2 is 1.67 bits per heavy atom. The third-order valence-electron chi connectivity index (χ3n) is 6.76. The van der Waals surface area contributed by atoms with Crippen molar-refractivity contribution in [2.75, 3.05) is 25.4 Å². The van der Waals surface area contributed by atoms with Gasteiger partial charge in [-0.05, 0) is 80.9 Å². The van der Waals surface area contributed by atoms with E-state index in [-0.39, 0.29) is 16.1 Å². The van der Waals surface area contributed by atoms with E-state index < -0.39 is 10.0 Å². The van der Waals surface area contributed by atoms with E-state index in [9.17, 15) is 13.2 Å². The van der Waals surface area contributed by atoms with Crippen molar-refractivity contribution in [2.45, 2.75) is 50.3 Å². The van der Waals surface area contributed by atoms with Gasteiger partial charge in [-0.15, -0.1) is 0 Å². The second-order valence-electron chi connectivity index (χ2n) is 11.2. The summed E-state index contributed by atoms with van der Waals surface area (Å²) in [5, 5.41) is 1.24. The Labute approximate surface area is 236 Å². The van der Waals surface area contributed by atoms with E-state index in [1.54, 1.807) is 36.4 Å². The number of sulfonamides is 1. The fourth-order valence-electron chi connectivity index (χ4n) is 4.60. The molecule has 0 aliphatic rings. The molecular formula is C31H36ClN3O3S. The van der Waals surface area contributed by atoms with Gasteiger partial charge >= 0.3 is 0 Å². The first-order chi connectivity index (χ1) is 18.4. The topological polar surface area (TPSA) is 82.3 Å². The van der Waals surface area contributed by atoms with E-state index in [0.29, 0.717) is 28.4 Å². The Kier molecular flexibility index (Phi) is 8.54. The predicted molar refractivity (Wildman–Crippen MR) is 161 cm³/mol. The van der Waals surface area contributed by atoms with Crippen molar-refractivity contribution in [1.29, 1.82) is 0 Å². The first-order valence-electron chi connectivity index (χ1n) is 13.1. The number of nitrogens with zero attached hydrogens (tertiary/aromatic N) is 1. The number of aromatic amines is 1. The second kappa shape index (κ2) is 11.5. The van der Waals surface area contributed by atoms with E-state index >= 15 is 0 Å². The van der Waals surface area contributed by atoms with Crippen molar-refractivity contribution in [3.05, 3.63) is 83.0 Å². The molecule has 3 aromatic carbocycles. The number of nitrogens with one attached hydrogen (secondary N) is 2. The standard InChI is InChI=1S/C31H36ClN3O3S/c1-31(2,3)21-13-16-23(17-14-21)39(37,38)34-22-15-18-27-25(20-22)29(24-10-6-7-11-26(24)32)30(33-27)28(36)12-8-9-19-35(4)5/h6-7,10-11,13-18,20,33-34H,8-9,12,19H2,1-5H3. The van der Waals surface area contributed by atoms with Gasteiger partial charge < -0.3 is 9.88 Å². The van der Waals surface area contributed by atoms with Gasteiger partial charge in [-0.1, -0.05) is 62.7 Å². The van der Waals surface area contributed by atoms with Gasteiger partial charge in [0.1, 0.15) is 0 Å². The van der Waals surface area contributed by atoms with Crippen molar-refractivity contribution in [3.8, 4) is 11.1 Å². The average Bonchev–Trinajstić information content (AvgIpc) is 3.25. The lowest BCUT2D eigenvalue weighted by atomic mass is 9.87. The number of benzene rings is 3. The van der Waals surface area contributed by atoms with Crippen LogP contribution >= 0.6 is 11.6 Å². The smallest absolute Gasteiger partial charge is 0.261 e. The van der Waals surface area contributed by atoms with Gasteiger partial charge in [-0.2, -0.15) is 0 Å². The number of unbranched alkanes of at least 4 members (excludes halogenated alkanes) is 1. The molecule has 0 radical (unpaired) electrons. The summed E-state index contributed by atoms with van der Waals surface area (Å²) >= 11 is 6.58. The third kappa shape index (κ3) is 6.72. The van der Waals surface area contributed by atoms with Crippen LogP contribution < -0.4 is 4.72 Å². The van der Waals surface area contributed by atoms with E-state index in [2.05, 4.69) is 35.4 Å². The highest BCUT2D eigenvalue weighted by Crippen LogP contribution is 2.38. The Balaban J connectivity index is 1.71. The SMILES string of the molecule is CN(C)CCCCC(=O)c1[nH]c2ccc(NS(=O)(=O)c3ccc(C(C)(C)C)cc3)cc2c1-c1ccccc1Cl. The summed E-state index contributed by atoms with van der Waals surface area (Å²) in [6.45, 7) is 7.17. The zero-order valence-electron chi connectivity index (χ0n) is 23.1. The summed E-state index contributed by atoms with van der Waals surface area (Å²) in [7, 11) is 0.213. The largest absolute Gasteiger partial charge is 0.352 e. The normalized spacial score (nSPS) is 12.3. The van der Waals surface area contributed by atoms with Crippen LogP contribution in [0.1, 0.15) is 56.1 Å². The molecule has 6 nitrogen and oxygen atoms in total. The minimum absolute atomic E-state index is 0.000875.